The molecule has 0 bridgehead atoms. The topological polar surface area (TPSA) is 237 Å². The van der Waals surface area contributed by atoms with Gasteiger partial charge in [-0.1, -0.05) is 290 Å². The molecular weight excluding hydrogens is 1190 g/mol. The largest absolute Gasteiger partial charge is 0.472 e. The molecule has 19 heteroatoms. The Morgan fingerprint density at radius 2 is 0.600 bits per heavy atom. The van der Waals surface area contributed by atoms with Gasteiger partial charge in [0.1, 0.15) is 19.3 Å². The highest BCUT2D eigenvalue weighted by Crippen LogP contribution is 2.45. The first-order valence-corrected chi connectivity index (χ1v) is 39.4. The summed E-state index contributed by atoms with van der Waals surface area (Å²) in [5, 5.41) is 10.6. The summed E-state index contributed by atoms with van der Waals surface area (Å²) in [6, 6.07) is 0. The van der Waals surface area contributed by atoms with Crippen molar-refractivity contribution in [1.82, 2.24) is 0 Å². The van der Waals surface area contributed by atoms with Crippen molar-refractivity contribution in [2.45, 2.75) is 361 Å². The maximum absolute atomic E-state index is 13.0. The highest BCUT2D eigenvalue weighted by molar-refractivity contribution is 7.47. The lowest BCUT2D eigenvalue weighted by molar-refractivity contribution is -0.161. The van der Waals surface area contributed by atoms with Crippen LogP contribution in [0.1, 0.15) is 343 Å². The van der Waals surface area contributed by atoms with E-state index in [0.29, 0.717) is 25.7 Å². The van der Waals surface area contributed by atoms with Crippen molar-refractivity contribution in [2.75, 3.05) is 39.6 Å². The number of hydrogen-bond donors (Lipinski definition) is 3. The van der Waals surface area contributed by atoms with Crippen molar-refractivity contribution in [1.29, 1.82) is 0 Å². The van der Waals surface area contributed by atoms with Gasteiger partial charge in [-0.05, 0) is 57.3 Å². The Morgan fingerprint density at radius 1 is 0.344 bits per heavy atom. The molecule has 0 saturated carbocycles. The molecule has 530 valence electrons. The minimum Gasteiger partial charge on any atom is -0.462 e. The summed E-state index contributed by atoms with van der Waals surface area (Å²) >= 11 is 0. The van der Waals surface area contributed by atoms with Crippen molar-refractivity contribution in [3.63, 3.8) is 0 Å². The fraction of sp³-hybridized carbons (Fsp3) is 0.887. The monoisotopic (exact) mass is 1320 g/mol. The second-order valence-electron chi connectivity index (χ2n) is 25.4. The number of carbonyl (C=O) groups is 4. The molecule has 0 saturated heterocycles. The number of phosphoric acid groups is 2. The minimum absolute atomic E-state index is 0.0848. The van der Waals surface area contributed by atoms with Crippen molar-refractivity contribution in [3.05, 3.63) is 24.3 Å². The zero-order chi connectivity index (χ0) is 66.3. The minimum atomic E-state index is -4.96. The summed E-state index contributed by atoms with van der Waals surface area (Å²) in [6.07, 6.45) is 53.4. The molecule has 90 heavy (non-hydrogen) atoms. The van der Waals surface area contributed by atoms with Crippen LogP contribution in [0.2, 0.25) is 0 Å². The average Bonchev–Trinajstić information content (AvgIpc) is 2.46. The van der Waals surface area contributed by atoms with Crippen LogP contribution < -0.4 is 0 Å². The lowest BCUT2D eigenvalue weighted by atomic mass is 10.0. The Bertz CT molecular complexity index is 1830. The zero-order valence-electron chi connectivity index (χ0n) is 57.8. The molecule has 0 heterocycles. The summed E-state index contributed by atoms with van der Waals surface area (Å²) < 4.78 is 68.3. The molecule has 0 aromatic rings. The van der Waals surface area contributed by atoms with E-state index in [1.165, 1.54) is 154 Å². The second-order valence-corrected chi connectivity index (χ2v) is 28.3. The third kappa shape index (κ3) is 64.3. The van der Waals surface area contributed by atoms with Crippen LogP contribution in [0.25, 0.3) is 0 Å². The summed E-state index contributed by atoms with van der Waals surface area (Å²) in [5.41, 5.74) is 0. The summed E-state index contributed by atoms with van der Waals surface area (Å²) in [5.74, 6) is -1.41. The summed E-state index contributed by atoms with van der Waals surface area (Å²) in [7, 11) is -9.91. The van der Waals surface area contributed by atoms with Crippen LogP contribution in [0, 0.1) is 5.92 Å². The number of aliphatic hydroxyl groups is 1. The van der Waals surface area contributed by atoms with Crippen LogP contribution in [-0.4, -0.2) is 96.7 Å². The van der Waals surface area contributed by atoms with Crippen LogP contribution in [0.4, 0.5) is 0 Å². The number of unbranched alkanes of at least 4 members (excludes halogenated alkanes) is 38. The quantitative estimate of drug-likeness (QED) is 0.0169. The molecule has 17 nitrogen and oxygen atoms in total. The molecule has 0 spiro atoms. The van der Waals surface area contributed by atoms with E-state index in [4.69, 9.17) is 37.0 Å². The van der Waals surface area contributed by atoms with Crippen LogP contribution >= 0.6 is 15.6 Å². The molecular formula is C71H134O17P2. The van der Waals surface area contributed by atoms with E-state index in [0.717, 1.165) is 109 Å². The average molecular weight is 1320 g/mol. The number of esters is 4. The lowest BCUT2D eigenvalue weighted by Crippen LogP contribution is -2.30. The van der Waals surface area contributed by atoms with E-state index >= 15 is 0 Å². The normalized spacial score (nSPS) is 14.2. The number of rotatable bonds is 69. The fourth-order valence-corrected chi connectivity index (χ4v) is 11.9. The summed E-state index contributed by atoms with van der Waals surface area (Å²) in [4.78, 5) is 72.5. The number of hydrogen-bond acceptors (Lipinski definition) is 15. The van der Waals surface area contributed by atoms with E-state index < -0.39 is 97.5 Å². The Kier molecular flexibility index (Phi) is 62.2. The van der Waals surface area contributed by atoms with Crippen molar-refractivity contribution in [3.8, 4) is 0 Å². The number of carbonyl (C=O) groups excluding carboxylic acids is 4. The van der Waals surface area contributed by atoms with Crippen LogP contribution in [0.15, 0.2) is 24.3 Å². The smallest absolute Gasteiger partial charge is 0.462 e. The van der Waals surface area contributed by atoms with Gasteiger partial charge in [0.25, 0.3) is 0 Å². The number of allylic oxidation sites excluding steroid dienone is 4. The molecule has 0 rings (SSSR count). The third-order valence-corrected chi connectivity index (χ3v) is 17.8. The Hall–Kier alpha value is -2.46. The van der Waals surface area contributed by atoms with E-state index in [9.17, 15) is 43.2 Å². The molecule has 3 N–H and O–H groups in total. The molecule has 0 radical (unpaired) electrons. The fourth-order valence-electron chi connectivity index (χ4n) is 10.3. The first-order chi connectivity index (χ1) is 43.5. The molecule has 0 amide bonds. The molecule has 0 aromatic carbocycles. The van der Waals surface area contributed by atoms with Gasteiger partial charge in [-0.15, -0.1) is 0 Å². The first-order valence-electron chi connectivity index (χ1n) is 36.5. The van der Waals surface area contributed by atoms with Gasteiger partial charge in [0.15, 0.2) is 12.2 Å². The number of aliphatic hydroxyl groups excluding tert-OH is 1. The van der Waals surface area contributed by atoms with E-state index in [-0.39, 0.29) is 25.7 Å². The Labute approximate surface area is 548 Å². The highest BCUT2D eigenvalue weighted by atomic mass is 31.2. The lowest BCUT2D eigenvalue weighted by Gasteiger charge is -2.21. The second kappa shape index (κ2) is 63.9. The van der Waals surface area contributed by atoms with Gasteiger partial charge in [-0.3, -0.25) is 37.3 Å². The predicted molar refractivity (Wildman–Crippen MR) is 363 cm³/mol. The molecule has 5 atom stereocenters. The van der Waals surface area contributed by atoms with Gasteiger partial charge in [0.05, 0.1) is 26.4 Å². The zero-order valence-corrected chi connectivity index (χ0v) is 59.5. The Morgan fingerprint density at radius 3 is 0.911 bits per heavy atom. The standard InChI is InChI=1S/C71H134O17P2/c1-6-9-12-15-18-21-24-26-27-28-31-36-42-47-52-57-71(76)88-67(61-82-69(74)55-50-45-40-37-32-33-38-43-48-53-64(4)5)63-86-90(79,80)84-59-65(72)58-83-89(77,78)85-62-66(60-81-68(73)54-49-44-39-34-29-23-20-17-14-11-8-3)87-70(75)56-51-46-41-35-30-25-22-19-16-13-10-7-2/h21,24,26-27,64-67,72H,6-20,22-23,25,28-63H2,1-5H3,(H,77,78)(H,79,80)/b24-21-,27-26-/t65-,66+,67+/m0/s1. The highest BCUT2D eigenvalue weighted by Gasteiger charge is 2.30. The predicted octanol–water partition coefficient (Wildman–Crippen LogP) is 20.1. The first kappa shape index (κ1) is 87.5. The van der Waals surface area contributed by atoms with Crippen LogP contribution in [0.5, 0.6) is 0 Å². The Balaban J connectivity index is 5.29. The van der Waals surface area contributed by atoms with Gasteiger partial charge in [0, 0.05) is 25.7 Å². The van der Waals surface area contributed by atoms with Crippen LogP contribution in [0.3, 0.4) is 0 Å². The van der Waals surface area contributed by atoms with Gasteiger partial charge in [-0.2, -0.15) is 0 Å². The van der Waals surface area contributed by atoms with Gasteiger partial charge in [0.2, 0.25) is 0 Å². The number of phosphoric ester groups is 2. The van der Waals surface area contributed by atoms with E-state index in [2.05, 4.69) is 58.9 Å². The molecule has 2 unspecified atom stereocenters. The third-order valence-electron chi connectivity index (χ3n) is 15.9. The maximum Gasteiger partial charge on any atom is 0.472 e. The van der Waals surface area contributed by atoms with E-state index in [1.807, 2.05) is 0 Å². The SMILES string of the molecule is CCCCCC/C=C\C=C/CCCCCCCC(=O)O[C@H](COC(=O)CCCCCCCCCCCC(C)C)COP(=O)(O)OC[C@@H](O)COP(=O)(O)OC[C@@H](COC(=O)CCCCCCCCCCCCC)OC(=O)CCCCCCCCCCCCCC. The summed E-state index contributed by atoms with van der Waals surface area (Å²) in [6.45, 7) is 7.16. The van der Waals surface area contributed by atoms with Crippen molar-refractivity contribution in [2.24, 2.45) is 5.92 Å². The van der Waals surface area contributed by atoms with Crippen LogP contribution in [-0.2, 0) is 65.4 Å². The molecule has 0 aliphatic carbocycles. The van der Waals surface area contributed by atoms with Gasteiger partial charge < -0.3 is 33.8 Å². The van der Waals surface area contributed by atoms with Crippen molar-refractivity contribution < 1.29 is 80.2 Å². The maximum atomic E-state index is 13.0. The van der Waals surface area contributed by atoms with E-state index in [1.54, 1.807) is 0 Å². The van der Waals surface area contributed by atoms with Crippen molar-refractivity contribution >= 4 is 39.5 Å². The molecule has 0 fully saturated rings. The molecule has 0 aliphatic rings. The number of ether oxygens (including phenoxy) is 4. The van der Waals surface area contributed by atoms with Gasteiger partial charge in [-0.25, -0.2) is 9.13 Å². The molecule has 0 aromatic heterocycles. The van der Waals surface area contributed by atoms with Gasteiger partial charge >= 0.3 is 39.5 Å². The molecule has 0 aliphatic heterocycles.